The molecule has 4 aromatic rings. The highest BCUT2D eigenvalue weighted by Gasteiger charge is 2.44. The lowest BCUT2D eigenvalue weighted by atomic mass is 10.2. The van der Waals surface area contributed by atoms with Crippen molar-refractivity contribution >= 4 is 30.6 Å². The summed E-state index contributed by atoms with van der Waals surface area (Å²) in [6, 6.07) is 28.4. The highest BCUT2D eigenvalue weighted by atomic mass is 32.2. The maximum absolute atomic E-state index is 13.2. The Morgan fingerprint density at radius 2 is 1.31 bits per heavy atom. The van der Waals surface area contributed by atoms with Crippen molar-refractivity contribution in [2.45, 2.75) is 42.7 Å². The fourth-order valence-electron chi connectivity index (χ4n) is 4.16. The first-order valence-corrected chi connectivity index (χ1v) is 15.9. The minimum absolute atomic E-state index is 0.0541. The van der Waals surface area contributed by atoms with E-state index < -0.39 is 30.6 Å². The van der Waals surface area contributed by atoms with Crippen molar-refractivity contribution in [3.8, 4) is 5.75 Å². The molecule has 0 unspecified atom stereocenters. The number of hydrogen-bond donors (Lipinski definition) is 0. The number of sulfone groups is 2. The van der Waals surface area contributed by atoms with Gasteiger partial charge in [-0.1, -0.05) is 43.3 Å². The first-order chi connectivity index (χ1) is 17.3. The third kappa shape index (κ3) is 4.56. The Balaban J connectivity index is 1.40. The van der Waals surface area contributed by atoms with E-state index in [4.69, 9.17) is 4.74 Å². The van der Waals surface area contributed by atoms with Crippen LogP contribution in [0.3, 0.4) is 0 Å². The fourth-order valence-corrected chi connectivity index (χ4v) is 9.95. The van der Waals surface area contributed by atoms with Crippen molar-refractivity contribution in [2.24, 2.45) is 0 Å². The summed E-state index contributed by atoms with van der Waals surface area (Å²) in [5, 5.41) is 0. The number of hydrogen-bond acceptors (Lipinski definition) is 5. The Morgan fingerprint density at radius 3 is 1.86 bits per heavy atom. The predicted molar refractivity (Wildman–Crippen MR) is 140 cm³/mol. The van der Waals surface area contributed by atoms with Gasteiger partial charge in [-0.05, 0) is 72.6 Å². The topological polar surface area (TPSA) is 77.5 Å². The summed E-state index contributed by atoms with van der Waals surface area (Å²) in [5.41, 5.74) is 1.19. The van der Waals surface area contributed by atoms with Crippen LogP contribution in [0.5, 0.6) is 5.75 Å². The maximum Gasteiger partial charge on any atom is 0.216 e. The van der Waals surface area contributed by atoms with E-state index in [0.29, 0.717) is 25.3 Å². The second-order valence-corrected chi connectivity index (χ2v) is 14.3. The van der Waals surface area contributed by atoms with Gasteiger partial charge in [0.15, 0.2) is 24.5 Å². The first-order valence-electron chi connectivity index (χ1n) is 11.5. The quantitative estimate of drug-likeness (QED) is 0.262. The summed E-state index contributed by atoms with van der Waals surface area (Å²) in [6.07, 6.45) is 0.930. The SMILES string of the molecule is CCc1ccc(OCCS(=O)(=O)c2ccc([S+]3c4ccccc4S(=O)(=O)c4ccccc43)cc2)cc1. The molecular weight excluding hydrogens is 513 g/mol. The summed E-state index contributed by atoms with van der Waals surface area (Å²) >= 11 is 0. The highest BCUT2D eigenvalue weighted by Crippen LogP contribution is 2.44. The monoisotopic (exact) mass is 537 g/mol. The van der Waals surface area contributed by atoms with E-state index in [0.717, 1.165) is 11.3 Å². The van der Waals surface area contributed by atoms with Gasteiger partial charge in [0.2, 0.25) is 9.84 Å². The summed E-state index contributed by atoms with van der Waals surface area (Å²) in [6.45, 7) is 2.13. The molecule has 0 fully saturated rings. The molecule has 0 N–H and O–H groups in total. The zero-order chi connectivity index (χ0) is 25.3. The average Bonchev–Trinajstić information content (AvgIpc) is 2.90. The molecule has 1 aliphatic rings. The van der Waals surface area contributed by atoms with Gasteiger partial charge in [0, 0.05) is 0 Å². The van der Waals surface area contributed by atoms with Crippen LogP contribution in [0.25, 0.3) is 0 Å². The Hall–Kier alpha value is -3.07. The molecule has 0 spiro atoms. The summed E-state index contributed by atoms with van der Waals surface area (Å²) in [7, 11) is -7.83. The van der Waals surface area contributed by atoms with Crippen LogP contribution in [0.2, 0.25) is 0 Å². The normalized spacial score (nSPS) is 14.6. The van der Waals surface area contributed by atoms with Gasteiger partial charge in [-0.2, -0.15) is 0 Å². The van der Waals surface area contributed by atoms with Crippen molar-refractivity contribution in [1.29, 1.82) is 0 Å². The molecule has 0 aromatic heterocycles. The van der Waals surface area contributed by atoms with Crippen LogP contribution in [-0.4, -0.2) is 29.2 Å². The Morgan fingerprint density at radius 1 is 0.750 bits per heavy atom. The molecule has 1 aliphatic heterocycles. The fraction of sp³-hybridized carbons (Fsp3) is 0.143. The minimum Gasteiger partial charge on any atom is -0.493 e. The van der Waals surface area contributed by atoms with Gasteiger partial charge in [-0.15, -0.1) is 0 Å². The standard InChI is InChI=1S/C28H25O5S3/c1-2-21-11-13-22(14-12-21)33-19-20-35(29,30)24-17-15-23(16-18-24)34-25-7-3-5-9-27(25)36(31,32)28-10-6-4-8-26(28)34/h3-18H,2,19-20H2,1H3/q+1. The van der Waals surface area contributed by atoms with E-state index in [1.165, 1.54) is 5.56 Å². The smallest absolute Gasteiger partial charge is 0.216 e. The number of rotatable bonds is 7. The van der Waals surface area contributed by atoms with Crippen molar-refractivity contribution < 1.29 is 21.6 Å². The van der Waals surface area contributed by atoms with Gasteiger partial charge in [-0.25, -0.2) is 16.8 Å². The lowest BCUT2D eigenvalue weighted by Gasteiger charge is -2.19. The molecule has 0 bridgehead atoms. The highest BCUT2D eigenvalue weighted by molar-refractivity contribution is 8.00. The van der Waals surface area contributed by atoms with Crippen LogP contribution in [0.4, 0.5) is 0 Å². The number of ether oxygens (including phenoxy) is 1. The van der Waals surface area contributed by atoms with Gasteiger partial charge in [0.05, 0.1) is 10.6 Å². The Bertz CT molecular complexity index is 1560. The molecule has 0 radical (unpaired) electrons. The zero-order valence-electron chi connectivity index (χ0n) is 19.6. The molecule has 4 aromatic carbocycles. The third-order valence-electron chi connectivity index (χ3n) is 6.09. The molecule has 0 saturated carbocycles. The van der Waals surface area contributed by atoms with E-state index in [-0.39, 0.29) is 17.3 Å². The summed E-state index contributed by atoms with van der Waals surface area (Å²) in [5.74, 6) is 0.501. The van der Waals surface area contributed by atoms with E-state index in [9.17, 15) is 16.8 Å². The van der Waals surface area contributed by atoms with Crippen LogP contribution >= 0.6 is 0 Å². The van der Waals surface area contributed by atoms with Crippen LogP contribution in [0.15, 0.2) is 126 Å². The Labute approximate surface area is 215 Å². The number of aryl methyl sites for hydroxylation is 1. The second-order valence-electron chi connectivity index (χ2n) is 8.34. The van der Waals surface area contributed by atoms with Crippen LogP contribution in [-0.2, 0) is 37.0 Å². The van der Waals surface area contributed by atoms with Crippen LogP contribution in [0.1, 0.15) is 12.5 Å². The van der Waals surface area contributed by atoms with E-state index in [2.05, 4.69) is 6.92 Å². The van der Waals surface area contributed by atoms with Crippen molar-refractivity contribution in [1.82, 2.24) is 0 Å². The minimum atomic E-state index is -3.61. The second kappa shape index (κ2) is 9.76. The Kier molecular flexibility index (Phi) is 6.68. The lowest BCUT2D eigenvalue weighted by molar-refractivity contribution is 0.341. The van der Waals surface area contributed by atoms with Gasteiger partial charge in [0.25, 0.3) is 0 Å². The largest absolute Gasteiger partial charge is 0.493 e. The first kappa shape index (κ1) is 24.6. The molecule has 36 heavy (non-hydrogen) atoms. The molecule has 1 heterocycles. The van der Waals surface area contributed by atoms with Gasteiger partial charge >= 0.3 is 0 Å². The summed E-state index contributed by atoms with van der Waals surface area (Å²) < 4.78 is 57.9. The van der Waals surface area contributed by atoms with E-state index >= 15 is 0 Å². The predicted octanol–water partition coefficient (Wildman–Crippen LogP) is 5.34. The summed E-state index contributed by atoms with van der Waals surface area (Å²) in [4.78, 5) is 3.10. The average molecular weight is 538 g/mol. The molecule has 5 rings (SSSR count). The molecular formula is C28H25O5S3+. The number of fused-ring (bicyclic) bond motifs is 2. The van der Waals surface area contributed by atoms with Crippen molar-refractivity contribution in [2.75, 3.05) is 12.4 Å². The molecule has 0 atom stereocenters. The third-order valence-corrected chi connectivity index (χ3v) is 12.2. The molecule has 0 amide bonds. The maximum atomic E-state index is 13.2. The van der Waals surface area contributed by atoms with Gasteiger partial charge in [0.1, 0.15) is 33.0 Å². The van der Waals surface area contributed by atoms with Gasteiger partial charge < -0.3 is 4.74 Å². The molecule has 0 aliphatic carbocycles. The van der Waals surface area contributed by atoms with E-state index in [1.807, 2.05) is 48.5 Å². The lowest BCUT2D eigenvalue weighted by Crippen LogP contribution is -2.20. The van der Waals surface area contributed by atoms with Gasteiger partial charge in [-0.3, -0.25) is 0 Å². The molecule has 8 heteroatoms. The van der Waals surface area contributed by atoms with Crippen LogP contribution < -0.4 is 4.74 Å². The van der Waals surface area contributed by atoms with E-state index in [1.54, 1.807) is 48.5 Å². The number of benzene rings is 4. The molecule has 5 nitrogen and oxygen atoms in total. The van der Waals surface area contributed by atoms with Crippen molar-refractivity contribution in [3.63, 3.8) is 0 Å². The molecule has 184 valence electrons. The molecule has 0 saturated heterocycles. The zero-order valence-corrected chi connectivity index (χ0v) is 22.1. The van der Waals surface area contributed by atoms with Crippen molar-refractivity contribution in [3.05, 3.63) is 103 Å². The van der Waals surface area contributed by atoms with Crippen LogP contribution in [0, 0.1) is 0 Å².